The average molecular weight is 432 g/mol. The second-order valence-corrected chi connectivity index (χ2v) is 8.04. The van der Waals surface area contributed by atoms with Crippen molar-refractivity contribution in [2.24, 2.45) is 0 Å². The lowest BCUT2D eigenvalue weighted by Gasteiger charge is -2.27. The minimum absolute atomic E-state index is 0.415. The molecule has 2 aliphatic rings. The van der Waals surface area contributed by atoms with Crippen molar-refractivity contribution >= 4 is 17.0 Å². The monoisotopic (exact) mass is 432 g/mol. The fraction of sp³-hybridized carbons (Fsp3) is 0.409. The van der Waals surface area contributed by atoms with Crippen molar-refractivity contribution in [3.63, 3.8) is 0 Å². The van der Waals surface area contributed by atoms with E-state index in [2.05, 4.69) is 20.9 Å². The number of pyridine rings is 1. The fourth-order valence-electron chi connectivity index (χ4n) is 4.28. The highest BCUT2D eigenvalue weighted by Gasteiger charge is 2.23. The van der Waals surface area contributed by atoms with Gasteiger partial charge < -0.3 is 19.4 Å². The molecule has 0 amide bonds. The van der Waals surface area contributed by atoms with Gasteiger partial charge in [0.25, 0.3) is 5.95 Å². The third kappa shape index (κ3) is 3.61. The molecule has 10 nitrogen and oxygen atoms in total. The van der Waals surface area contributed by atoms with Crippen LogP contribution in [0.3, 0.4) is 0 Å². The molecule has 0 spiro atoms. The predicted octanol–water partition coefficient (Wildman–Crippen LogP) is 2.33. The van der Waals surface area contributed by atoms with Crippen LogP contribution in [-0.4, -0.2) is 74.2 Å². The number of ether oxygens (including phenoxy) is 2. The molecule has 164 valence electrons. The summed E-state index contributed by atoms with van der Waals surface area (Å²) in [6, 6.07) is 5.91. The van der Waals surface area contributed by atoms with Gasteiger partial charge in [-0.1, -0.05) is 0 Å². The number of aromatic nitrogens is 7. The molecule has 0 radical (unpaired) electrons. The zero-order valence-corrected chi connectivity index (χ0v) is 17.6. The number of hydrogen-bond acceptors (Lipinski definition) is 8. The van der Waals surface area contributed by atoms with E-state index in [0.29, 0.717) is 30.7 Å². The Morgan fingerprint density at radius 1 is 0.906 bits per heavy atom. The van der Waals surface area contributed by atoms with Crippen LogP contribution < -0.4 is 4.90 Å². The van der Waals surface area contributed by atoms with Crippen LogP contribution >= 0.6 is 0 Å². The maximum atomic E-state index is 5.55. The third-order valence-electron chi connectivity index (χ3n) is 6.03. The average Bonchev–Trinajstić information content (AvgIpc) is 3.53. The number of nitrogens with one attached hydrogen (secondary N) is 1. The van der Waals surface area contributed by atoms with Gasteiger partial charge in [-0.2, -0.15) is 15.1 Å². The van der Waals surface area contributed by atoms with Gasteiger partial charge in [-0.05, 0) is 31.0 Å². The van der Waals surface area contributed by atoms with E-state index in [9.17, 15) is 0 Å². The molecular weight excluding hydrogens is 408 g/mol. The van der Waals surface area contributed by atoms with Crippen molar-refractivity contribution < 1.29 is 9.47 Å². The molecule has 0 saturated carbocycles. The van der Waals surface area contributed by atoms with E-state index in [1.165, 1.54) is 0 Å². The highest BCUT2D eigenvalue weighted by molar-refractivity contribution is 5.86. The summed E-state index contributed by atoms with van der Waals surface area (Å²) >= 11 is 0. The Hall–Kier alpha value is -3.37. The summed E-state index contributed by atoms with van der Waals surface area (Å²) in [6.07, 6.45) is 7.43. The maximum Gasteiger partial charge on any atom is 0.254 e. The molecule has 0 aliphatic carbocycles. The van der Waals surface area contributed by atoms with Crippen LogP contribution in [0, 0.1) is 0 Å². The lowest BCUT2D eigenvalue weighted by Crippen LogP contribution is -2.37. The molecule has 1 N–H and O–H groups in total. The predicted molar refractivity (Wildman–Crippen MR) is 118 cm³/mol. The zero-order valence-electron chi connectivity index (χ0n) is 17.6. The number of rotatable bonds is 4. The summed E-state index contributed by atoms with van der Waals surface area (Å²) in [7, 11) is 0. The van der Waals surface area contributed by atoms with Gasteiger partial charge in [-0.15, -0.1) is 0 Å². The molecule has 6 heterocycles. The summed E-state index contributed by atoms with van der Waals surface area (Å²) in [5, 5.41) is 4.81. The lowest BCUT2D eigenvalue weighted by atomic mass is 9.97. The van der Waals surface area contributed by atoms with Crippen molar-refractivity contribution in [1.29, 1.82) is 0 Å². The van der Waals surface area contributed by atoms with E-state index in [4.69, 9.17) is 29.5 Å². The van der Waals surface area contributed by atoms with Crippen molar-refractivity contribution in [1.82, 2.24) is 34.7 Å². The molecule has 4 aromatic heterocycles. The summed E-state index contributed by atoms with van der Waals surface area (Å²) < 4.78 is 12.8. The smallest absolute Gasteiger partial charge is 0.254 e. The van der Waals surface area contributed by atoms with Crippen LogP contribution in [0.4, 0.5) is 5.82 Å². The Morgan fingerprint density at radius 3 is 2.50 bits per heavy atom. The molecule has 6 rings (SSSR count). The molecule has 0 atom stereocenters. The molecule has 32 heavy (non-hydrogen) atoms. The van der Waals surface area contributed by atoms with Crippen molar-refractivity contribution in [2.45, 2.75) is 18.8 Å². The Kier molecular flexibility index (Phi) is 5.00. The molecule has 0 aromatic carbocycles. The van der Waals surface area contributed by atoms with Gasteiger partial charge >= 0.3 is 0 Å². The first-order chi connectivity index (χ1) is 15.8. The normalized spacial score (nSPS) is 17.8. The zero-order chi connectivity index (χ0) is 21.3. The number of imidazole rings is 1. The molecule has 0 bridgehead atoms. The van der Waals surface area contributed by atoms with Gasteiger partial charge in [-0.25, -0.2) is 9.67 Å². The van der Waals surface area contributed by atoms with E-state index in [0.717, 1.165) is 67.6 Å². The first-order valence-electron chi connectivity index (χ1n) is 11.0. The van der Waals surface area contributed by atoms with Crippen molar-refractivity contribution in [3.05, 3.63) is 42.5 Å². The minimum Gasteiger partial charge on any atom is -0.381 e. The van der Waals surface area contributed by atoms with Gasteiger partial charge in [0.15, 0.2) is 17.0 Å². The first-order valence-corrected chi connectivity index (χ1v) is 11.0. The minimum atomic E-state index is 0.415. The fourth-order valence-corrected chi connectivity index (χ4v) is 4.28. The van der Waals surface area contributed by atoms with Crippen LogP contribution in [0.1, 0.15) is 24.5 Å². The van der Waals surface area contributed by atoms with Gasteiger partial charge in [0.1, 0.15) is 5.82 Å². The molecule has 4 aromatic rings. The summed E-state index contributed by atoms with van der Waals surface area (Å²) in [5.74, 6) is 2.49. The molecular formula is C22H24N8O2. The van der Waals surface area contributed by atoms with Gasteiger partial charge in [0, 0.05) is 56.4 Å². The Labute approximate surface area is 184 Å². The van der Waals surface area contributed by atoms with Gasteiger partial charge in [0.05, 0.1) is 18.9 Å². The maximum absolute atomic E-state index is 5.55. The molecule has 0 unspecified atom stereocenters. The van der Waals surface area contributed by atoms with E-state index in [1.54, 1.807) is 17.1 Å². The number of hydrogen-bond donors (Lipinski definition) is 1. The summed E-state index contributed by atoms with van der Waals surface area (Å²) in [4.78, 5) is 24.2. The number of nitrogens with zero attached hydrogens (tertiary/aromatic N) is 7. The molecule has 2 aliphatic heterocycles. The van der Waals surface area contributed by atoms with Crippen molar-refractivity contribution in [3.8, 4) is 17.3 Å². The number of fused-ring (bicyclic) bond motifs is 1. The lowest BCUT2D eigenvalue weighted by molar-refractivity contribution is 0.0844. The Balaban J connectivity index is 1.43. The van der Waals surface area contributed by atoms with E-state index >= 15 is 0 Å². The summed E-state index contributed by atoms with van der Waals surface area (Å²) in [5.41, 5.74) is 3.45. The van der Waals surface area contributed by atoms with Crippen LogP contribution in [0.15, 0.2) is 36.8 Å². The Morgan fingerprint density at radius 2 is 1.69 bits per heavy atom. The number of aromatic amines is 1. The number of morpholine rings is 1. The standard InChI is InChI=1S/C22H24N8O2/c1-6-23-7-2-16(1)19-24-18-20(25-19)26-22(27-21(18)29-9-13-32-14-10-29)30-8-3-17(28-30)15-4-11-31-12-5-15/h1-3,6-8,15H,4-5,9-14H2,(H,24,25,26,27). The molecule has 2 saturated heterocycles. The highest BCUT2D eigenvalue weighted by Crippen LogP contribution is 2.29. The third-order valence-corrected chi connectivity index (χ3v) is 6.03. The number of H-pyrrole nitrogens is 1. The van der Waals surface area contributed by atoms with Gasteiger partial charge in [-0.3, -0.25) is 4.98 Å². The SMILES string of the molecule is c1cc(-c2nc3c(N4CCOCC4)nc(-n4ccc(C5CCOCC5)n4)nc3[nH]2)ccn1. The number of anilines is 1. The van der Waals surface area contributed by atoms with E-state index < -0.39 is 0 Å². The van der Waals surface area contributed by atoms with Gasteiger partial charge in [0.2, 0.25) is 0 Å². The van der Waals surface area contributed by atoms with Crippen LogP contribution in [0.2, 0.25) is 0 Å². The largest absolute Gasteiger partial charge is 0.381 e. The topological polar surface area (TPSA) is 107 Å². The summed E-state index contributed by atoms with van der Waals surface area (Å²) in [6.45, 7) is 4.42. The first kappa shape index (κ1) is 19.3. The highest BCUT2D eigenvalue weighted by atomic mass is 16.5. The van der Waals surface area contributed by atoms with Crippen LogP contribution in [-0.2, 0) is 9.47 Å². The second kappa shape index (κ2) is 8.29. The van der Waals surface area contributed by atoms with Crippen LogP contribution in [0.25, 0.3) is 28.5 Å². The van der Waals surface area contributed by atoms with E-state index in [1.807, 2.05) is 18.3 Å². The van der Waals surface area contributed by atoms with Crippen molar-refractivity contribution in [2.75, 3.05) is 44.4 Å². The Bertz CT molecular complexity index is 1210. The van der Waals surface area contributed by atoms with Crippen LogP contribution in [0.5, 0.6) is 0 Å². The molecule has 2 fully saturated rings. The second-order valence-electron chi connectivity index (χ2n) is 8.04. The van der Waals surface area contributed by atoms with E-state index in [-0.39, 0.29) is 0 Å². The quantitative estimate of drug-likeness (QED) is 0.524. The molecule has 10 heteroatoms.